The Morgan fingerprint density at radius 2 is 1.86 bits per heavy atom. The third kappa shape index (κ3) is 4.41. The number of hydrogen-bond acceptors (Lipinski definition) is 4. The fourth-order valence-electron chi connectivity index (χ4n) is 3.29. The lowest BCUT2D eigenvalue weighted by molar-refractivity contribution is -0.149. The molecule has 1 amide bonds. The van der Waals surface area contributed by atoms with Gasteiger partial charge in [-0.05, 0) is 11.6 Å². The Morgan fingerprint density at radius 1 is 1.10 bits per heavy atom. The molecular formula is C22H18F2N2O3. The van der Waals surface area contributed by atoms with Crippen molar-refractivity contribution in [1.29, 1.82) is 0 Å². The minimum absolute atomic E-state index is 0.00507. The van der Waals surface area contributed by atoms with Crippen LogP contribution >= 0.6 is 0 Å². The van der Waals surface area contributed by atoms with E-state index < -0.39 is 17.7 Å². The molecule has 0 radical (unpaired) electrons. The van der Waals surface area contributed by atoms with E-state index in [0.29, 0.717) is 17.9 Å². The fraction of sp³-hybridized carbons (Fsp3) is 0.182. The molecule has 0 saturated carbocycles. The van der Waals surface area contributed by atoms with E-state index in [1.165, 1.54) is 6.20 Å². The third-order valence-electron chi connectivity index (χ3n) is 4.63. The lowest BCUT2D eigenvalue weighted by Gasteiger charge is -2.36. The van der Waals surface area contributed by atoms with Crippen LogP contribution in [0, 0.1) is 11.6 Å². The molecule has 1 aliphatic heterocycles. The summed E-state index contributed by atoms with van der Waals surface area (Å²) in [5, 5.41) is 0. The molecule has 1 atom stereocenters. The molecular weight excluding hydrogens is 378 g/mol. The Balaban J connectivity index is 1.66. The lowest BCUT2D eigenvalue weighted by Crippen LogP contribution is -2.43. The van der Waals surface area contributed by atoms with Gasteiger partial charge in [-0.15, -0.1) is 0 Å². The zero-order valence-electron chi connectivity index (χ0n) is 15.4. The maximum Gasteiger partial charge on any atom is 0.249 e. The molecule has 0 aliphatic carbocycles. The molecule has 3 aromatic rings. The van der Waals surface area contributed by atoms with Crippen molar-refractivity contribution in [2.24, 2.45) is 0 Å². The number of rotatable bonds is 5. The number of carbonyl (C=O) groups excluding carboxylic acids is 1. The Bertz CT molecular complexity index is 994. The SMILES string of the molecule is O=C1COCC(c2cnccc2Oc2cc(F)cc(F)c2)N1Cc1ccccc1. The first kappa shape index (κ1) is 19.0. The summed E-state index contributed by atoms with van der Waals surface area (Å²) in [6.07, 6.45) is 3.09. The standard InChI is InChI=1S/C22H18F2N2O3/c23-16-8-17(24)10-18(9-16)29-21-6-7-25-11-19(21)20-13-28-14-22(27)26(20)12-15-4-2-1-3-5-15/h1-11,20H,12-14H2. The minimum Gasteiger partial charge on any atom is -0.457 e. The largest absolute Gasteiger partial charge is 0.457 e. The van der Waals surface area contributed by atoms with Crippen LogP contribution in [0.2, 0.25) is 0 Å². The summed E-state index contributed by atoms with van der Waals surface area (Å²) in [7, 11) is 0. The Hall–Kier alpha value is -3.32. The first-order chi connectivity index (χ1) is 14.1. The summed E-state index contributed by atoms with van der Waals surface area (Å²) >= 11 is 0. The van der Waals surface area contributed by atoms with E-state index in [4.69, 9.17) is 9.47 Å². The van der Waals surface area contributed by atoms with Crippen LogP contribution in [-0.4, -0.2) is 29.0 Å². The van der Waals surface area contributed by atoms with Gasteiger partial charge in [0.1, 0.15) is 29.7 Å². The molecule has 1 fully saturated rings. The second kappa shape index (κ2) is 8.36. The lowest BCUT2D eigenvalue weighted by atomic mass is 10.0. The van der Waals surface area contributed by atoms with Gasteiger partial charge in [0.2, 0.25) is 5.91 Å². The molecule has 5 nitrogen and oxygen atoms in total. The average Bonchev–Trinajstić information content (AvgIpc) is 2.70. The predicted octanol–water partition coefficient (Wildman–Crippen LogP) is 4.25. The highest BCUT2D eigenvalue weighted by molar-refractivity contribution is 5.78. The third-order valence-corrected chi connectivity index (χ3v) is 4.63. The number of morpholine rings is 1. The summed E-state index contributed by atoms with van der Waals surface area (Å²) < 4.78 is 38.3. The van der Waals surface area contributed by atoms with E-state index in [2.05, 4.69) is 4.98 Å². The van der Waals surface area contributed by atoms with Gasteiger partial charge in [-0.2, -0.15) is 0 Å². The van der Waals surface area contributed by atoms with Crippen LogP contribution in [0.15, 0.2) is 67.0 Å². The van der Waals surface area contributed by atoms with Gasteiger partial charge in [0.15, 0.2) is 0 Å². The highest BCUT2D eigenvalue weighted by Gasteiger charge is 2.32. The summed E-state index contributed by atoms with van der Waals surface area (Å²) in [5.41, 5.74) is 1.58. The van der Waals surface area contributed by atoms with Crippen LogP contribution in [-0.2, 0) is 16.1 Å². The van der Waals surface area contributed by atoms with E-state index in [-0.39, 0.29) is 24.9 Å². The van der Waals surface area contributed by atoms with Gasteiger partial charge in [-0.3, -0.25) is 9.78 Å². The molecule has 0 spiro atoms. The number of benzene rings is 2. The topological polar surface area (TPSA) is 51.7 Å². The van der Waals surface area contributed by atoms with Crippen molar-refractivity contribution in [3.8, 4) is 11.5 Å². The van der Waals surface area contributed by atoms with Gasteiger partial charge in [0.05, 0.1) is 12.6 Å². The molecule has 1 saturated heterocycles. The molecule has 148 valence electrons. The molecule has 0 bridgehead atoms. The van der Waals surface area contributed by atoms with Gasteiger partial charge in [0, 0.05) is 42.7 Å². The zero-order chi connectivity index (χ0) is 20.2. The average molecular weight is 396 g/mol. The number of hydrogen-bond donors (Lipinski definition) is 0. The number of aromatic nitrogens is 1. The highest BCUT2D eigenvalue weighted by Crippen LogP contribution is 2.35. The van der Waals surface area contributed by atoms with Gasteiger partial charge < -0.3 is 14.4 Å². The van der Waals surface area contributed by atoms with Gasteiger partial charge >= 0.3 is 0 Å². The second-order valence-electron chi connectivity index (χ2n) is 6.66. The number of ether oxygens (including phenoxy) is 2. The molecule has 4 rings (SSSR count). The van der Waals surface area contributed by atoms with Crippen LogP contribution in [0.3, 0.4) is 0 Å². The maximum absolute atomic E-state index is 13.5. The summed E-state index contributed by atoms with van der Waals surface area (Å²) in [6, 6.07) is 13.7. The molecule has 1 aliphatic rings. The molecule has 29 heavy (non-hydrogen) atoms. The van der Waals surface area contributed by atoms with Crippen LogP contribution in [0.5, 0.6) is 11.5 Å². The van der Waals surface area contributed by atoms with Crippen molar-refractivity contribution >= 4 is 5.91 Å². The summed E-state index contributed by atoms with van der Waals surface area (Å²) in [4.78, 5) is 18.4. The van der Waals surface area contributed by atoms with Crippen molar-refractivity contribution in [3.05, 3.63) is 89.8 Å². The van der Waals surface area contributed by atoms with Gasteiger partial charge in [-0.25, -0.2) is 8.78 Å². The van der Waals surface area contributed by atoms with Crippen molar-refractivity contribution in [1.82, 2.24) is 9.88 Å². The smallest absolute Gasteiger partial charge is 0.249 e. The first-order valence-electron chi connectivity index (χ1n) is 9.09. The zero-order valence-corrected chi connectivity index (χ0v) is 15.4. The molecule has 0 N–H and O–H groups in total. The Kier molecular flexibility index (Phi) is 5.48. The van der Waals surface area contributed by atoms with Crippen LogP contribution in [0.4, 0.5) is 8.78 Å². The van der Waals surface area contributed by atoms with Crippen molar-refractivity contribution in [3.63, 3.8) is 0 Å². The van der Waals surface area contributed by atoms with E-state index in [0.717, 1.165) is 23.8 Å². The van der Waals surface area contributed by atoms with E-state index in [9.17, 15) is 13.6 Å². The van der Waals surface area contributed by atoms with E-state index in [1.807, 2.05) is 30.3 Å². The molecule has 1 aromatic heterocycles. The van der Waals surface area contributed by atoms with Crippen LogP contribution < -0.4 is 4.74 Å². The van der Waals surface area contributed by atoms with Crippen molar-refractivity contribution in [2.75, 3.05) is 13.2 Å². The number of pyridine rings is 1. The Labute approximate surface area is 166 Å². The second-order valence-corrected chi connectivity index (χ2v) is 6.66. The quantitative estimate of drug-likeness (QED) is 0.647. The molecule has 7 heteroatoms. The number of nitrogens with zero attached hydrogens (tertiary/aromatic N) is 2. The number of amides is 1. The first-order valence-corrected chi connectivity index (χ1v) is 9.09. The molecule has 1 unspecified atom stereocenters. The van der Waals surface area contributed by atoms with Crippen molar-refractivity contribution < 1.29 is 23.0 Å². The number of carbonyl (C=O) groups is 1. The number of halogens is 2. The monoisotopic (exact) mass is 396 g/mol. The van der Waals surface area contributed by atoms with Crippen molar-refractivity contribution in [2.45, 2.75) is 12.6 Å². The molecule has 2 aromatic carbocycles. The van der Waals surface area contributed by atoms with E-state index in [1.54, 1.807) is 17.2 Å². The Morgan fingerprint density at radius 3 is 2.62 bits per heavy atom. The van der Waals surface area contributed by atoms with Gasteiger partial charge in [-0.1, -0.05) is 30.3 Å². The minimum atomic E-state index is -0.738. The van der Waals surface area contributed by atoms with E-state index >= 15 is 0 Å². The summed E-state index contributed by atoms with van der Waals surface area (Å²) in [6.45, 7) is 0.656. The molecule has 2 heterocycles. The van der Waals surface area contributed by atoms with Gasteiger partial charge in [0.25, 0.3) is 0 Å². The van der Waals surface area contributed by atoms with Crippen LogP contribution in [0.1, 0.15) is 17.2 Å². The van der Waals surface area contributed by atoms with Crippen LogP contribution in [0.25, 0.3) is 0 Å². The fourth-order valence-corrected chi connectivity index (χ4v) is 3.29. The highest BCUT2D eigenvalue weighted by atomic mass is 19.1. The normalized spacial score (nSPS) is 16.7. The maximum atomic E-state index is 13.5. The summed E-state index contributed by atoms with van der Waals surface area (Å²) in [5.74, 6) is -1.26. The predicted molar refractivity (Wildman–Crippen MR) is 101 cm³/mol.